The lowest BCUT2D eigenvalue weighted by molar-refractivity contribution is -0.142. The van der Waals surface area contributed by atoms with Gasteiger partial charge >= 0.3 is 5.97 Å². The molecule has 5 nitrogen and oxygen atoms in total. The molecule has 0 atom stereocenters. The van der Waals surface area contributed by atoms with Crippen LogP contribution in [-0.2, 0) is 29.1 Å². The number of carbonyl (C=O) groups is 1. The Morgan fingerprint density at radius 2 is 1.69 bits per heavy atom. The van der Waals surface area contributed by atoms with Crippen LogP contribution in [0.1, 0.15) is 24.7 Å². The molecule has 0 unspecified atom stereocenters. The van der Waals surface area contributed by atoms with Crippen LogP contribution in [0, 0.1) is 5.82 Å². The molecule has 4 aromatic rings. The van der Waals surface area contributed by atoms with Gasteiger partial charge in [0.25, 0.3) is 0 Å². The lowest BCUT2D eigenvalue weighted by Crippen LogP contribution is -2.10. The Labute approximate surface area is 186 Å². The molecule has 4 rings (SSSR count). The molecule has 6 heteroatoms. The van der Waals surface area contributed by atoms with Gasteiger partial charge in [0, 0.05) is 37.0 Å². The molecular weight excluding hydrogens is 405 g/mol. The number of imidazole rings is 1. The minimum Gasteiger partial charge on any atom is -0.458 e. The van der Waals surface area contributed by atoms with Gasteiger partial charge in [0.15, 0.2) is 0 Å². The molecule has 2 aromatic heterocycles. The second-order valence-corrected chi connectivity index (χ2v) is 7.49. The quantitative estimate of drug-likeness (QED) is 0.350. The Morgan fingerprint density at radius 1 is 0.969 bits per heavy atom. The van der Waals surface area contributed by atoms with E-state index in [1.807, 2.05) is 30.3 Å². The summed E-state index contributed by atoms with van der Waals surface area (Å²) in [7, 11) is 0. The Bertz CT molecular complexity index is 1170. The van der Waals surface area contributed by atoms with E-state index in [1.165, 1.54) is 24.6 Å². The summed E-state index contributed by atoms with van der Waals surface area (Å²) in [5, 5.41) is 0. The van der Waals surface area contributed by atoms with Gasteiger partial charge < -0.3 is 9.30 Å². The number of nitrogens with zero attached hydrogens (tertiary/aromatic N) is 3. The number of ether oxygens (including phenoxy) is 1. The highest BCUT2D eigenvalue weighted by Gasteiger charge is 2.20. The first kappa shape index (κ1) is 21.4. The van der Waals surface area contributed by atoms with Gasteiger partial charge in [-0.25, -0.2) is 9.37 Å². The van der Waals surface area contributed by atoms with Crippen molar-refractivity contribution in [3.63, 3.8) is 0 Å². The maximum absolute atomic E-state index is 13.6. The van der Waals surface area contributed by atoms with E-state index >= 15 is 0 Å². The summed E-state index contributed by atoms with van der Waals surface area (Å²) in [5.41, 5.74) is 4.62. The average Bonchev–Trinajstić information content (AvgIpc) is 3.18. The Hall–Kier alpha value is -3.80. The lowest BCUT2D eigenvalue weighted by atomic mass is 10.1. The molecule has 2 heterocycles. The second-order valence-electron chi connectivity index (χ2n) is 7.49. The molecule has 0 spiro atoms. The molecule has 0 N–H and O–H groups in total. The first-order valence-corrected chi connectivity index (χ1v) is 10.5. The van der Waals surface area contributed by atoms with Crippen molar-refractivity contribution in [3.05, 3.63) is 96.3 Å². The van der Waals surface area contributed by atoms with Crippen molar-refractivity contribution in [2.45, 2.75) is 32.9 Å². The molecule has 162 valence electrons. The Kier molecular flexibility index (Phi) is 6.70. The number of halogens is 1. The van der Waals surface area contributed by atoms with Crippen LogP contribution in [0.3, 0.4) is 0 Å². The van der Waals surface area contributed by atoms with Gasteiger partial charge in [-0.15, -0.1) is 0 Å². The summed E-state index contributed by atoms with van der Waals surface area (Å²) >= 11 is 0. The van der Waals surface area contributed by atoms with Gasteiger partial charge in [0.2, 0.25) is 0 Å². The van der Waals surface area contributed by atoms with Crippen molar-refractivity contribution in [1.82, 2.24) is 14.5 Å². The monoisotopic (exact) mass is 429 g/mol. The van der Waals surface area contributed by atoms with Crippen molar-refractivity contribution in [3.8, 4) is 22.5 Å². The third-order valence-electron chi connectivity index (χ3n) is 5.21. The van der Waals surface area contributed by atoms with E-state index in [0.29, 0.717) is 12.4 Å². The number of pyridine rings is 1. The number of aromatic nitrogens is 3. The predicted molar refractivity (Wildman–Crippen MR) is 121 cm³/mol. The number of aryl methyl sites for hydroxylation is 1. The number of hydrogen-bond donors (Lipinski definition) is 0. The van der Waals surface area contributed by atoms with E-state index in [1.54, 1.807) is 24.5 Å². The van der Waals surface area contributed by atoms with E-state index in [2.05, 4.69) is 21.7 Å². The lowest BCUT2D eigenvalue weighted by Gasteiger charge is -2.13. The van der Waals surface area contributed by atoms with E-state index < -0.39 is 0 Å². The zero-order valence-electron chi connectivity index (χ0n) is 17.9. The van der Waals surface area contributed by atoms with E-state index in [4.69, 9.17) is 9.72 Å². The van der Waals surface area contributed by atoms with Crippen molar-refractivity contribution >= 4 is 5.97 Å². The molecule has 0 aliphatic heterocycles. The number of hydrogen-bond acceptors (Lipinski definition) is 4. The second kappa shape index (κ2) is 10.0. The van der Waals surface area contributed by atoms with Gasteiger partial charge in [0.1, 0.15) is 18.2 Å². The summed E-state index contributed by atoms with van der Waals surface area (Å²) in [6, 6.07) is 20.4. The predicted octanol–water partition coefficient (Wildman–Crippen LogP) is 5.45. The molecule has 2 aromatic carbocycles. The molecule has 32 heavy (non-hydrogen) atoms. The van der Waals surface area contributed by atoms with Crippen molar-refractivity contribution in [2.75, 3.05) is 0 Å². The number of carbonyl (C=O) groups excluding carboxylic acids is 1. The van der Waals surface area contributed by atoms with Gasteiger partial charge in [-0.1, -0.05) is 30.3 Å². The van der Waals surface area contributed by atoms with Crippen LogP contribution in [0.2, 0.25) is 0 Å². The van der Waals surface area contributed by atoms with E-state index in [-0.39, 0.29) is 18.4 Å². The van der Waals surface area contributed by atoms with Crippen LogP contribution in [0.5, 0.6) is 0 Å². The van der Waals surface area contributed by atoms with E-state index in [9.17, 15) is 9.18 Å². The van der Waals surface area contributed by atoms with Crippen LogP contribution in [0.15, 0.2) is 79.1 Å². The van der Waals surface area contributed by atoms with E-state index in [0.717, 1.165) is 35.4 Å². The SMILES string of the molecule is CC(=O)OCc1nc(-c2ccc(F)cc2)c(-c2ccncc2)n1CCCc1ccccc1. The molecule has 0 aliphatic carbocycles. The molecule has 0 saturated heterocycles. The Balaban J connectivity index is 1.76. The van der Waals surface area contributed by atoms with Crippen LogP contribution in [0.4, 0.5) is 4.39 Å². The fourth-order valence-corrected chi connectivity index (χ4v) is 3.71. The molecule has 0 amide bonds. The smallest absolute Gasteiger partial charge is 0.303 e. The number of rotatable bonds is 8. The van der Waals surface area contributed by atoms with Gasteiger partial charge in [-0.05, 0) is 54.8 Å². The Morgan fingerprint density at radius 3 is 2.38 bits per heavy atom. The topological polar surface area (TPSA) is 57.0 Å². The highest BCUT2D eigenvalue weighted by Crippen LogP contribution is 2.33. The summed E-state index contributed by atoms with van der Waals surface area (Å²) < 4.78 is 21.0. The standard InChI is InChI=1S/C26H24FN3O2/c1-19(31)32-18-24-29-25(21-9-11-23(27)12-10-21)26(22-13-15-28-16-14-22)30(24)17-5-8-20-6-3-2-4-7-20/h2-4,6-7,9-16H,5,8,17-18H2,1H3. The maximum atomic E-state index is 13.6. The molecule has 0 saturated carbocycles. The number of esters is 1. The first-order chi connectivity index (χ1) is 15.6. The third-order valence-corrected chi connectivity index (χ3v) is 5.21. The molecule has 0 fully saturated rings. The average molecular weight is 429 g/mol. The summed E-state index contributed by atoms with van der Waals surface area (Å²) in [6.07, 6.45) is 5.26. The maximum Gasteiger partial charge on any atom is 0.303 e. The molecular formula is C26H24FN3O2. The normalized spacial score (nSPS) is 10.8. The summed E-state index contributed by atoms with van der Waals surface area (Å²) in [4.78, 5) is 20.4. The van der Waals surface area contributed by atoms with Crippen molar-refractivity contribution in [1.29, 1.82) is 0 Å². The third kappa shape index (κ3) is 5.09. The van der Waals surface area contributed by atoms with Crippen LogP contribution in [-0.4, -0.2) is 20.5 Å². The minimum atomic E-state index is -0.363. The number of benzene rings is 2. The highest BCUT2D eigenvalue weighted by molar-refractivity contribution is 5.79. The van der Waals surface area contributed by atoms with Crippen LogP contribution in [0.25, 0.3) is 22.5 Å². The fourth-order valence-electron chi connectivity index (χ4n) is 3.71. The zero-order valence-corrected chi connectivity index (χ0v) is 17.9. The fraction of sp³-hybridized carbons (Fsp3) is 0.192. The van der Waals surface area contributed by atoms with Crippen LogP contribution >= 0.6 is 0 Å². The zero-order chi connectivity index (χ0) is 22.3. The van der Waals surface area contributed by atoms with Gasteiger partial charge in [0.05, 0.1) is 11.4 Å². The van der Waals surface area contributed by atoms with Crippen molar-refractivity contribution < 1.29 is 13.9 Å². The van der Waals surface area contributed by atoms with Crippen LogP contribution < -0.4 is 0 Å². The molecule has 0 radical (unpaired) electrons. The highest BCUT2D eigenvalue weighted by atomic mass is 19.1. The first-order valence-electron chi connectivity index (χ1n) is 10.5. The molecule has 0 aliphatic rings. The molecule has 0 bridgehead atoms. The summed E-state index contributed by atoms with van der Waals surface area (Å²) in [5.74, 6) is -0.0151. The minimum absolute atomic E-state index is 0.0694. The van der Waals surface area contributed by atoms with Crippen molar-refractivity contribution in [2.24, 2.45) is 0 Å². The largest absolute Gasteiger partial charge is 0.458 e. The summed E-state index contributed by atoms with van der Waals surface area (Å²) in [6.45, 7) is 2.14. The van der Waals surface area contributed by atoms with Gasteiger partial charge in [-0.3, -0.25) is 9.78 Å². The van der Waals surface area contributed by atoms with Gasteiger partial charge in [-0.2, -0.15) is 0 Å².